The summed E-state index contributed by atoms with van der Waals surface area (Å²) in [5.74, 6) is -1.97. The number of aryl methyl sites for hydroxylation is 2. The lowest BCUT2D eigenvalue weighted by Gasteiger charge is -2.15. The van der Waals surface area contributed by atoms with Crippen molar-refractivity contribution in [2.75, 3.05) is 17.2 Å². The van der Waals surface area contributed by atoms with Gasteiger partial charge in [-0.15, -0.1) is 0 Å². The molecule has 0 spiro atoms. The summed E-state index contributed by atoms with van der Waals surface area (Å²) >= 11 is 0. The van der Waals surface area contributed by atoms with E-state index in [4.69, 9.17) is 9.84 Å². The Kier molecular flexibility index (Phi) is 7.71. The number of rotatable bonds is 7. The predicted octanol–water partition coefficient (Wildman–Crippen LogP) is 4.19. The molecule has 0 unspecified atom stereocenters. The molecule has 0 aliphatic rings. The van der Waals surface area contributed by atoms with Crippen LogP contribution in [0, 0.1) is 13.8 Å². The van der Waals surface area contributed by atoms with Crippen molar-refractivity contribution in [1.82, 2.24) is 5.32 Å². The predicted molar refractivity (Wildman–Crippen MR) is 128 cm³/mol. The number of carboxylic acid groups (broad SMARTS) is 1. The van der Waals surface area contributed by atoms with E-state index in [9.17, 15) is 19.5 Å². The van der Waals surface area contributed by atoms with Gasteiger partial charge in [-0.05, 0) is 61.2 Å². The van der Waals surface area contributed by atoms with Gasteiger partial charge in [-0.1, -0.05) is 30.3 Å². The lowest BCUT2D eigenvalue weighted by molar-refractivity contribution is -0.147. The average Bonchev–Trinajstić information content (AvgIpc) is 2.79. The number of phenols is 1. The van der Waals surface area contributed by atoms with Crippen LogP contribution in [0.5, 0.6) is 17.2 Å². The molecular weight excluding hydrogens is 438 g/mol. The van der Waals surface area contributed by atoms with E-state index < -0.39 is 17.9 Å². The Bertz CT molecular complexity index is 1190. The number of hydrogen-bond donors (Lipinski definition) is 5. The zero-order valence-corrected chi connectivity index (χ0v) is 18.7. The zero-order chi connectivity index (χ0) is 24.7. The molecule has 0 aliphatic carbocycles. The molecule has 3 rings (SSSR count). The number of nitrogens with one attached hydrogen (secondary N) is 3. The fourth-order valence-electron chi connectivity index (χ4n) is 3.30. The minimum Gasteiger partial charge on any atom is -0.506 e. The molecule has 0 bridgehead atoms. The molecule has 0 heterocycles. The normalized spacial score (nSPS) is 10.3. The first-order chi connectivity index (χ1) is 16.2. The lowest BCUT2D eigenvalue weighted by atomic mass is 10.1. The summed E-state index contributed by atoms with van der Waals surface area (Å²) in [6.07, 6.45) is 0.671. The van der Waals surface area contributed by atoms with Crippen molar-refractivity contribution >= 4 is 29.3 Å². The first kappa shape index (κ1) is 24.1. The third-order valence-electron chi connectivity index (χ3n) is 4.89. The van der Waals surface area contributed by atoms with Crippen LogP contribution in [-0.4, -0.2) is 34.7 Å². The second-order valence-electron chi connectivity index (χ2n) is 7.60. The standard InChI is InChI=1S/C25H25N3O6/c1-15-12-18(27-23(30)24(31)32)13-16(2)22(15)34-19-8-9-21(29)20(14-19)28-25(33)26-11-10-17-6-4-3-5-7-17/h3-9,12-14,29H,10-11H2,1-2H3,(H,27,30)(H,31,32)(H2,26,28,33). The van der Waals surface area contributed by atoms with Gasteiger partial charge >= 0.3 is 17.9 Å². The molecular formula is C25H25N3O6. The van der Waals surface area contributed by atoms with Crippen LogP contribution in [0.4, 0.5) is 16.2 Å². The van der Waals surface area contributed by atoms with E-state index in [0.717, 1.165) is 5.56 Å². The minimum atomic E-state index is -1.58. The van der Waals surface area contributed by atoms with Crippen LogP contribution in [0.25, 0.3) is 0 Å². The number of carboxylic acids is 1. The highest BCUT2D eigenvalue weighted by molar-refractivity contribution is 6.36. The number of amides is 3. The van der Waals surface area contributed by atoms with Gasteiger partial charge in [0.15, 0.2) is 0 Å². The van der Waals surface area contributed by atoms with Crippen molar-refractivity contribution in [2.45, 2.75) is 20.3 Å². The van der Waals surface area contributed by atoms with Crippen LogP contribution in [0.3, 0.4) is 0 Å². The molecule has 9 heteroatoms. The summed E-state index contributed by atoms with van der Waals surface area (Å²) < 4.78 is 5.95. The van der Waals surface area contributed by atoms with Crippen LogP contribution >= 0.6 is 0 Å². The number of ether oxygens (including phenoxy) is 1. The Hall–Kier alpha value is -4.53. The fraction of sp³-hybridized carbons (Fsp3) is 0.160. The Morgan fingerprint density at radius 1 is 0.912 bits per heavy atom. The summed E-state index contributed by atoms with van der Waals surface area (Å²) in [4.78, 5) is 34.4. The summed E-state index contributed by atoms with van der Waals surface area (Å²) in [5, 5.41) is 26.5. The Balaban J connectivity index is 1.66. The molecule has 0 radical (unpaired) electrons. The maximum absolute atomic E-state index is 12.3. The Morgan fingerprint density at radius 2 is 1.59 bits per heavy atom. The molecule has 34 heavy (non-hydrogen) atoms. The van der Waals surface area contributed by atoms with Gasteiger partial charge in [0.25, 0.3) is 0 Å². The van der Waals surface area contributed by atoms with E-state index in [-0.39, 0.29) is 11.4 Å². The largest absolute Gasteiger partial charge is 0.506 e. The van der Waals surface area contributed by atoms with Gasteiger partial charge in [0, 0.05) is 18.3 Å². The highest BCUT2D eigenvalue weighted by atomic mass is 16.5. The number of urea groups is 1. The van der Waals surface area contributed by atoms with Crippen LogP contribution in [-0.2, 0) is 16.0 Å². The minimum absolute atomic E-state index is 0.120. The first-order valence-electron chi connectivity index (χ1n) is 10.5. The van der Waals surface area contributed by atoms with Gasteiger partial charge in [-0.25, -0.2) is 9.59 Å². The second kappa shape index (κ2) is 10.9. The van der Waals surface area contributed by atoms with E-state index in [2.05, 4.69) is 16.0 Å². The van der Waals surface area contributed by atoms with Crippen molar-refractivity contribution in [3.63, 3.8) is 0 Å². The molecule has 0 aromatic heterocycles. The van der Waals surface area contributed by atoms with E-state index in [0.29, 0.717) is 41.3 Å². The molecule has 3 aromatic carbocycles. The third kappa shape index (κ3) is 6.49. The number of carbonyl (C=O) groups excluding carboxylic acids is 2. The SMILES string of the molecule is Cc1cc(NC(=O)C(=O)O)cc(C)c1Oc1ccc(O)c(NC(=O)NCCc2ccccc2)c1. The molecule has 3 amide bonds. The van der Waals surface area contributed by atoms with Gasteiger partial charge < -0.3 is 30.9 Å². The van der Waals surface area contributed by atoms with Crippen molar-refractivity contribution in [2.24, 2.45) is 0 Å². The highest BCUT2D eigenvalue weighted by Gasteiger charge is 2.15. The lowest BCUT2D eigenvalue weighted by Crippen LogP contribution is -2.30. The van der Waals surface area contributed by atoms with Gasteiger partial charge in [-0.3, -0.25) is 4.79 Å². The van der Waals surface area contributed by atoms with Crippen molar-refractivity contribution in [3.8, 4) is 17.2 Å². The van der Waals surface area contributed by atoms with Gasteiger partial charge in [0.2, 0.25) is 0 Å². The number of hydrogen-bond acceptors (Lipinski definition) is 5. The molecule has 0 fully saturated rings. The number of carbonyl (C=O) groups is 3. The fourth-order valence-corrected chi connectivity index (χ4v) is 3.30. The molecule has 0 atom stereocenters. The van der Waals surface area contributed by atoms with Crippen LogP contribution < -0.4 is 20.7 Å². The average molecular weight is 463 g/mol. The van der Waals surface area contributed by atoms with Gasteiger partial charge in [-0.2, -0.15) is 0 Å². The molecule has 0 saturated heterocycles. The Labute approximate surface area is 196 Å². The Morgan fingerprint density at radius 3 is 2.24 bits per heavy atom. The number of phenolic OH excluding ortho intramolecular Hbond substituents is 1. The van der Waals surface area contributed by atoms with E-state index >= 15 is 0 Å². The third-order valence-corrected chi connectivity index (χ3v) is 4.89. The molecule has 176 valence electrons. The molecule has 3 aromatic rings. The molecule has 0 aliphatic heterocycles. The van der Waals surface area contributed by atoms with E-state index in [1.165, 1.54) is 12.1 Å². The second-order valence-corrected chi connectivity index (χ2v) is 7.60. The maximum Gasteiger partial charge on any atom is 0.394 e. The summed E-state index contributed by atoms with van der Waals surface area (Å²) in [6, 6.07) is 16.9. The summed E-state index contributed by atoms with van der Waals surface area (Å²) in [6.45, 7) is 3.92. The van der Waals surface area contributed by atoms with Crippen LogP contribution in [0.15, 0.2) is 60.7 Å². The zero-order valence-electron chi connectivity index (χ0n) is 18.7. The first-order valence-corrected chi connectivity index (χ1v) is 10.5. The van der Waals surface area contributed by atoms with E-state index in [1.54, 1.807) is 32.0 Å². The number of aliphatic carboxylic acids is 1. The van der Waals surface area contributed by atoms with Crippen LogP contribution in [0.2, 0.25) is 0 Å². The summed E-state index contributed by atoms with van der Waals surface area (Å²) in [7, 11) is 0. The van der Waals surface area contributed by atoms with Crippen LogP contribution in [0.1, 0.15) is 16.7 Å². The topological polar surface area (TPSA) is 137 Å². The molecule has 5 N–H and O–H groups in total. The summed E-state index contributed by atoms with van der Waals surface area (Å²) in [5.41, 5.74) is 2.91. The van der Waals surface area contributed by atoms with E-state index in [1.807, 2.05) is 30.3 Å². The molecule has 9 nitrogen and oxygen atoms in total. The molecule has 0 saturated carbocycles. The van der Waals surface area contributed by atoms with Crippen molar-refractivity contribution in [1.29, 1.82) is 0 Å². The number of aromatic hydroxyl groups is 1. The van der Waals surface area contributed by atoms with Crippen molar-refractivity contribution in [3.05, 3.63) is 77.4 Å². The van der Waals surface area contributed by atoms with Gasteiger partial charge in [0.05, 0.1) is 5.69 Å². The van der Waals surface area contributed by atoms with Gasteiger partial charge in [0.1, 0.15) is 17.2 Å². The maximum atomic E-state index is 12.3. The quantitative estimate of drug-likeness (QED) is 0.263. The highest BCUT2D eigenvalue weighted by Crippen LogP contribution is 2.35. The number of benzene rings is 3. The van der Waals surface area contributed by atoms with Crippen molar-refractivity contribution < 1.29 is 29.3 Å². The monoisotopic (exact) mass is 463 g/mol. The smallest absolute Gasteiger partial charge is 0.394 e. The number of anilines is 2.